The van der Waals surface area contributed by atoms with Crippen molar-refractivity contribution in [2.45, 2.75) is 11.9 Å². The Bertz CT molecular complexity index is 142. The van der Waals surface area contributed by atoms with E-state index in [4.69, 9.17) is 11.6 Å². The standard InChI is InChI=1S/C6H9ClN2/c1-2-3-6-8-4-5(7)9-6/h2,5H,1,3-4H2,(H,8,9). The van der Waals surface area contributed by atoms with Crippen LogP contribution in [0, 0.1) is 0 Å². The van der Waals surface area contributed by atoms with E-state index in [0.717, 1.165) is 12.3 Å². The molecule has 0 aromatic carbocycles. The molecule has 0 bridgehead atoms. The highest BCUT2D eigenvalue weighted by Gasteiger charge is 2.11. The van der Waals surface area contributed by atoms with E-state index in [1.54, 1.807) is 6.08 Å². The molecule has 0 saturated heterocycles. The van der Waals surface area contributed by atoms with Crippen LogP contribution in [-0.4, -0.2) is 17.9 Å². The van der Waals surface area contributed by atoms with Crippen LogP contribution in [0.4, 0.5) is 0 Å². The molecule has 9 heavy (non-hydrogen) atoms. The number of nitrogens with one attached hydrogen (secondary N) is 1. The lowest BCUT2D eigenvalue weighted by molar-refractivity contribution is 0.874. The van der Waals surface area contributed by atoms with Crippen LogP contribution >= 0.6 is 11.6 Å². The Balaban J connectivity index is 2.35. The van der Waals surface area contributed by atoms with Crippen molar-refractivity contribution in [2.24, 2.45) is 4.99 Å². The van der Waals surface area contributed by atoms with Crippen molar-refractivity contribution in [1.82, 2.24) is 5.32 Å². The van der Waals surface area contributed by atoms with Gasteiger partial charge in [-0.15, -0.1) is 6.58 Å². The van der Waals surface area contributed by atoms with Crippen LogP contribution in [0.25, 0.3) is 0 Å². The van der Waals surface area contributed by atoms with E-state index in [0.29, 0.717) is 6.54 Å². The normalized spacial score (nSPS) is 25.0. The van der Waals surface area contributed by atoms with Crippen molar-refractivity contribution in [3.05, 3.63) is 12.7 Å². The lowest BCUT2D eigenvalue weighted by atomic mass is 10.4. The first kappa shape index (κ1) is 6.62. The summed E-state index contributed by atoms with van der Waals surface area (Å²) < 4.78 is 0. The van der Waals surface area contributed by atoms with Crippen molar-refractivity contribution in [3.8, 4) is 0 Å². The zero-order valence-electron chi connectivity index (χ0n) is 5.10. The number of alkyl halides is 1. The van der Waals surface area contributed by atoms with Gasteiger partial charge in [-0.25, -0.2) is 0 Å². The molecule has 1 N–H and O–H groups in total. The minimum absolute atomic E-state index is 0.0000463. The van der Waals surface area contributed by atoms with E-state index in [2.05, 4.69) is 16.9 Å². The fraction of sp³-hybridized carbons (Fsp3) is 0.500. The summed E-state index contributed by atoms with van der Waals surface area (Å²) in [4.78, 5) is 4.11. The molecule has 0 aliphatic carbocycles. The molecule has 0 radical (unpaired) electrons. The van der Waals surface area contributed by atoms with Crippen LogP contribution in [0.1, 0.15) is 6.42 Å². The Labute approximate surface area is 59.6 Å². The first-order chi connectivity index (χ1) is 4.33. The van der Waals surface area contributed by atoms with Crippen molar-refractivity contribution in [2.75, 3.05) is 6.54 Å². The highest BCUT2D eigenvalue weighted by atomic mass is 35.5. The number of rotatable bonds is 2. The highest BCUT2D eigenvalue weighted by molar-refractivity contribution is 6.22. The number of amidine groups is 1. The van der Waals surface area contributed by atoms with Crippen LogP contribution in [0.15, 0.2) is 17.6 Å². The highest BCUT2D eigenvalue weighted by Crippen LogP contribution is 2.01. The van der Waals surface area contributed by atoms with Gasteiger partial charge in [0.05, 0.1) is 6.54 Å². The topological polar surface area (TPSA) is 24.4 Å². The van der Waals surface area contributed by atoms with E-state index in [1.165, 1.54) is 0 Å². The molecule has 0 amide bonds. The second-order valence-electron chi connectivity index (χ2n) is 1.89. The molecule has 0 aromatic heterocycles. The molecule has 2 nitrogen and oxygen atoms in total. The maximum absolute atomic E-state index is 5.68. The number of nitrogens with zero attached hydrogens (tertiary/aromatic N) is 1. The largest absolute Gasteiger partial charge is 0.356 e. The number of hydrogen-bond donors (Lipinski definition) is 1. The third-order valence-corrected chi connectivity index (χ3v) is 1.35. The van der Waals surface area contributed by atoms with Crippen LogP contribution in [0.2, 0.25) is 0 Å². The molecule has 3 heteroatoms. The Morgan fingerprint density at radius 2 is 2.78 bits per heavy atom. The SMILES string of the molecule is C=CCC1=NCC(Cl)N1. The van der Waals surface area contributed by atoms with Gasteiger partial charge in [-0.1, -0.05) is 17.7 Å². The zero-order valence-corrected chi connectivity index (χ0v) is 5.86. The predicted octanol–water partition coefficient (Wildman–Crippen LogP) is 1.13. The van der Waals surface area contributed by atoms with Gasteiger partial charge in [0.25, 0.3) is 0 Å². The average molecular weight is 145 g/mol. The van der Waals surface area contributed by atoms with E-state index in [-0.39, 0.29) is 5.50 Å². The fourth-order valence-corrected chi connectivity index (χ4v) is 0.918. The van der Waals surface area contributed by atoms with Gasteiger partial charge in [-0.2, -0.15) is 0 Å². The molecule has 1 rings (SSSR count). The van der Waals surface area contributed by atoms with Gasteiger partial charge >= 0.3 is 0 Å². The molecular weight excluding hydrogens is 136 g/mol. The second-order valence-corrected chi connectivity index (χ2v) is 2.42. The number of halogens is 1. The van der Waals surface area contributed by atoms with Crippen molar-refractivity contribution in [1.29, 1.82) is 0 Å². The zero-order chi connectivity index (χ0) is 6.69. The molecule has 1 heterocycles. The molecule has 0 fully saturated rings. The maximum atomic E-state index is 5.68. The smallest absolute Gasteiger partial charge is 0.122 e. The van der Waals surface area contributed by atoms with Crippen LogP contribution in [0.5, 0.6) is 0 Å². The first-order valence-electron chi connectivity index (χ1n) is 2.88. The first-order valence-corrected chi connectivity index (χ1v) is 3.31. The second kappa shape index (κ2) is 2.87. The summed E-state index contributed by atoms with van der Waals surface area (Å²) in [5.74, 6) is 0.949. The lowest BCUT2D eigenvalue weighted by Crippen LogP contribution is -2.24. The summed E-state index contributed by atoms with van der Waals surface area (Å²) in [5, 5.41) is 3.00. The third-order valence-electron chi connectivity index (χ3n) is 1.10. The average Bonchev–Trinajstić information content (AvgIpc) is 2.17. The van der Waals surface area contributed by atoms with Gasteiger partial charge in [0.1, 0.15) is 11.3 Å². The summed E-state index contributed by atoms with van der Waals surface area (Å²) in [6, 6.07) is 0. The molecule has 1 aliphatic heterocycles. The summed E-state index contributed by atoms with van der Waals surface area (Å²) in [6.45, 7) is 4.27. The molecule has 0 aromatic rings. The Hall–Kier alpha value is -0.500. The molecule has 1 atom stereocenters. The van der Waals surface area contributed by atoms with Gasteiger partial charge in [-0.3, -0.25) is 4.99 Å². The summed E-state index contributed by atoms with van der Waals surface area (Å²) in [7, 11) is 0. The quantitative estimate of drug-likeness (QED) is 0.351. The minimum atomic E-state index is -0.0000463. The molecule has 1 aliphatic rings. The molecular formula is C6H9ClN2. The minimum Gasteiger partial charge on any atom is -0.356 e. The summed E-state index contributed by atoms with van der Waals surface area (Å²) in [5.41, 5.74) is -0.0000463. The van der Waals surface area contributed by atoms with Gasteiger partial charge in [0.2, 0.25) is 0 Å². The molecule has 0 saturated carbocycles. The summed E-state index contributed by atoms with van der Waals surface area (Å²) in [6.07, 6.45) is 2.60. The molecule has 1 unspecified atom stereocenters. The molecule has 0 spiro atoms. The summed E-state index contributed by atoms with van der Waals surface area (Å²) >= 11 is 5.68. The van der Waals surface area contributed by atoms with Crippen LogP contribution in [0.3, 0.4) is 0 Å². The van der Waals surface area contributed by atoms with Crippen LogP contribution in [-0.2, 0) is 0 Å². The van der Waals surface area contributed by atoms with E-state index in [9.17, 15) is 0 Å². The molecule has 50 valence electrons. The van der Waals surface area contributed by atoms with Crippen molar-refractivity contribution >= 4 is 17.4 Å². The monoisotopic (exact) mass is 144 g/mol. The van der Waals surface area contributed by atoms with E-state index >= 15 is 0 Å². The van der Waals surface area contributed by atoms with Gasteiger partial charge in [0, 0.05) is 6.42 Å². The van der Waals surface area contributed by atoms with Gasteiger partial charge < -0.3 is 5.32 Å². The Morgan fingerprint density at radius 3 is 3.22 bits per heavy atom. The predicted molar refractivity (Wildman–Crippen MR) is 39.9 cm³/mol. The maximum Gasteiger partial charge on any atom is 0.122 e. The van der Waals surface area contributed by atoms with Crippen molar-refractivity contribution in [3.63, 3.8) is 0 Å². The number of aliphatic imine (C=N–C) groups is 1. The van der Waals surface area contributed by atoms with E-state index in [1.807, 2.05) is 0 Å². The Kier molecular flexibility index (Phi) is 2.11. The van der Waals surface area contributed by atoms with E-state index < -0.39 is 0 Å². The van der Waals surface area contributed by atoms with Gasteiger partial charge in [0.15, 0.2) is 0 Å². The van der Waals surface area contributed by atoms with Crippen LogP contribution < -0.4 is 5.32 Å². The van der Waals surface area contributed by atoms with Gasteiger partial charge in [-0.05, 0) is 0 Å². The third kappa shape index (κ3) is 1.72. The Morgan fingerprint density at radius 1 is 2.00 bits per heavy atom. The number of hydrogen-bond acceptors (Lipinski definition) is 2. The van der Waals surface area contributed by atoms with Crippen molar-refractivity contribution < 1.29 is 0 Å². The lowest BCUT2D eigenvalue weighted by Gasteiger charge is -1.99. The fourth-order valence-electron chi connectivity index (χ4n) is 0.723.